The molecule has 0 radical (unpaired) electrons. The second-order valence-corrected chi connectivity index (χ2v) is 7.13. The van der Waals surface area contributed by atoms with Crippen molar-refractivity contribution in [3.63, 3.8) is 0 Å². The zero-order valence-corrected chi connectivity index (χ0v) is 14.7. The number of rotatable bonds is 5. The van der Waals surface area contributed by atoms with Crippen molar-refractivity contribution in [3.8, 4) is 0 Å². The van der Waals surface area contributed by atoms with Crippen LogP contribution in [-0.4, -0.2) is 30.7 Å². The van der Waals surface area contributed by atoms with Crippen LogP contribution >= 0.6 is 11.6 Å². The van der Waals surface area contributed by atoms with Crippen molar-refractivity contribution in [1.82, 2.24) is 9.19 Å². The fourth-order valence-electron chi connectivity index (χ4n) is 2.18. The lowest BCUT2D eigenvalue weighted by Crippen LogP contribution is -2.33. The molecule has 6 nitrogen and oxygen atoms in total. The number of halogens is 1. The molecule has 8 heteroatoms. The van der Waals surface area contributed by atoms with Crippen molar-refractivity contribution in [2.75, 3.05) is 18.0 Å². The Hall–Kier alpha value is -1.86. The summed E-state index contributed by atoms with van der Waals surface area (Å²) >= 11 is 6.09. The molecule has 0 saturated heterocycles. The Morgan fingerprint density at radius 3 is 2.26 bits per heavy atom. The van der Waals surface area contributed by atoms with Gasteiger partial charge in [-0.2, -0.15) is 13.5 Å². The van der Waals surface area contributed by atoms with Crippen molar-refractivity contribution < 1.29 is 8.42 Å². The summed E-state index contributed by atoms with van der Waals surface area (Å²) in [5.41, 5.74) is 0.493. The maximum atomic E-state index is 12.6. The Morgan fingerprint density at radius 2 is 1.74 bits per heavy atom. The van der Waals surface area contributed by atoms with Gasteiger partial charge in [0.15, 0.2) is 0 Å². The summed E-state index contributed by atoms with van der Waals surface area (Å²) in [5.74, 6) is 0. The van der Waals surface area contributed by atoms with Crippen LogP contribution in [0.5, 0.6) is 0 Å². The van der Waals surface area contributed by atoms with Gasteiger partial charge in [-0.15, -0.1) is 4.09 Å². The van der Waals surface area contributed by atoms with E-state index in [1.807, 2.05) is 25.7 Å². The van der Waals surface area contributed by atoms with Crippen LogP contribution in [0.3, 0.4) is 0 Å². The number of nitrogens with zero attached hydrogens (tertiary/aromatic N) is 3. The van der Waals surface area contributed by atoms with Crippen LogP contribution < -0.4 is 10.5 Å². The SMILES string of the molecule is CCN(CC)c1cnn(S(=O)(=O)c2ccc(C)cc2)c(=O)c1Cl. The highest BCUT2D eigenvalue weighted by molar-refractivity contribution is 7.89. The van der Waals surface area contributed by atoms with Crippen LogP contribution in [-0.2, 0) is 10.0 Å². The molecule has 0 saturated carbocycles. The van der Waals surface area contributed by atoms with Crippen molar-refractivity contribution in [1.29, 1.82) is 0 Å². The second kappa shape index (κ2) is 6.72. The molecule has 2 aromatic rings. The molecule has 1 heterocycles. The highest BCUT2D eigenvalue weighted by Crippen LogP contribution is 2.21. The molecule has 0 amide bonds. The molecule has 0 N–H and O–H groups in total. The number of anilines is 1. The van der Waals surface area contributed by atoms with Crippen LogP contribution in [0.25, 0.3) is 0 Å². The van der Waals surface area contributed by atoms with Crippen LogP contribution in [0.1, 0.15) is 19.4 Å². The summed E-state index contributed by atoms with van der Waals surface area (Å²) in [7, 11) is -4.07. The second-order valence-electron chi connectivity index (χ2n) is 4.98. The van der Waals surface area contributed by atoms with Gasteiger partial charge in [0.25, 0.3) is 10.0 Å². The maximum absolute atomic E-state index is 12.6. The summed E-state index contributed by atoms with van der Waals surface area (Å²) in [5, 5.41) is 3.66. The van der Waals surface area contributed by atoms with E-state index in [1.165, 1.54) is 18.3 Å². The molecule has 0 fully saturated rings. The van der Waals surface area contributed by atoms with E-state index in [1.54, 1.807) is 12.1 Å². The minimum Gasteiger partial charge on any atom is -0.369 e. The normalized spacial score (nSPS) is 11.5. The van der Waals surface area contributed by atoms with E-state index in [0.717, 1.165) is 5.56 Å². The van der Waals surface area contributed by atoms with E-state index >= 15 is 0 Å². The smallest absolute Gasteiger partial charge is 0.302 e. The molecule has 23 heavy (non-hydrogen) atoms. The number of hydrogen-bond acceptors (Lipinski definition) is 5. The molecule has 0 bridgehead atoms. The monoisotopic (exact) mass is 355 g/mol. The fraction of sp³-hybridized carbons (Fsp3) is 0.333. The molecule has 0 aliphatic heterocycles. The summed E-state index contributed by atoms with van der Waals surface area (Å²) in [4.78, 5) is 14.2. The molecule has 2 rings (SSSR count). The van der Waals surface area contributed by atoms with Gasteiger partial charge in [0.2, 0.25) is 0 Å². The van der Waals surface area contributed by atoms with Gasteiger partial charge in [-0.1, -0.05) is 29.3 Å². The zero-order chi connectivity index (χ0) is 17.2. The number of hydrogen-bond donors (Lipinski definition) is 0. The minimum atomic E-state index is -4.07. The zero-order valence-electron chi connectivity index (χ0n) is 13.2. The Bertz CT molecular complexity index is 857. The average molecular weight is 356 g/mol. The van der Waals surface area contributed by atoms with E-state index in [4.69, 9.17) is 11.6 Å². The first kappa shape index (κ1) is 17.5. The third kappa shape index (κ3) is 3.25. The Morgan fingerprint density at radius 1 is 1.17 bits per heavy atom. The topological polar surface area (TPSA) is 72.3 Å². The van der Waals surface area contributed by atoms with Crippen LogP contribution in [0.15, 0.2) is 40.2 Å². The molecule has 0 atom stereocenters. The first-order chi connectivity index (χ1) is 10.8. The Kier molecular flexibility index (Phi) is 5.11. The van der Waals surface area contributed by atoms with E-state index in [-0.39, 0.29) is 9.92 Å². The van der Waals surface area contributed by atoms with Gasteiger partial charge in [-0.05, 0) is 32.9 Å². The van der Waals surface area contributed by atoms with Crippen molar-refractivity contribution in [2.45, 2.75) is 25.7 Å². The van der Waals surface area contributed by atoms with Crippen molar-refractivity contribution in [2.24, 2.45) is 0 Å². The Balaban J connectivity index is 2.59. The van der Waals surface area contributed by atoms with E-state index in [0.29, 0.717) is 22.9 Å². The standard InChI is InChI=1S/C15H18ClN3O3S/c1-4-18(5-2)13-10-17-19(15(20)14(13)16)23(21,22)12-8-6-11(3)7-9-12/h6-10H,4-5H2,1-3H3. The number of aryl methyl sites for hydroxylation is 1. The van der Waals surface area contributed by atoms with Crippen LogP contribution in [0.4, 0.5) is 5.69 Å². The molecule has 0 aliphatic carbocycles. The number of benzene rings is 1. The summed E-state index contributed by atoms with van der Waals surface area (Å²) in [6, 6.07) is 6.18. The van der Waals surface area contributed by atoms with Crippen molar-refractivity contribution in [3.05, 3.63) is 51.4 Å². The van der Waals surface area contributed by atoms with E-state index < -0.39 is 15.6 Å². The third-order valence-corrected chi connectivity index (χ3v) is 5.46. The predicted octanol–water partition coefficient (Wildman–Crippen LogP) is 2.29. The molecule has 0 spiro atoms. The molecule has 1 aromatic carbocycles. The van der Waals surface area contributed by atoms with Gasteiger partial charge >= 0.3 is 5.56 Å². The lowest BCUT2D eigenvalue weighted by atomic mass is 10.2. The molecule has 0 aliphatic rings. The van der Waals surface area contributed by atoms with Crippen LogP contribution in [0.2, 0.25) is 5.02 Å². The van der Waals surface area contributed by atoms with Gasteiger partial charge in [0, 0.05) is 13.1 Å². The summed E-state index contributed by atoms with van der Waals surface area (Å²) in [6.07, 6.45) is 1.31. The van der Waals surface area contributed by atoms with Crippen molar-refractivity contribution >= 4 is 27.3 Å². The third-order valence-electron chi connectivity index (χ3n) is 3.52. The summed E-state index contributed by atoms with van der Waals surface area (Å²) < 4.78 is 25.6. The molecule has 124 valence electrons. The predicted molar refractivity (Wildman–Crippen MR) is 90.8 cm³/mol. The van der Waals surface area contributed by atoms with Gasteiger partial charge in [-0.3, -0.25) is 4.79 Å². The lowest BCUT2D eigenvalue weighted by Gasteiger charge is -2.21. The lowest BCUT2D eigenvalue weighted by molar-refractivity contribution is 0.575. The highest BCUT2D eigenvalue weighted by Gasteiger charge is 2.23. The number of aromatic nitrogens is 2. The van der Waals surface area contributed by atoms with E-state index in [2.05, 4.69) is 5.10 Å². The average Bonchev–Trinajstić information content (AvgIpc) is 2.52. The molecule has 0 unspecified atom stereocenters. The first-order valence-corrected chi connectivity index (χ1v) is 8.99. The van der Waals surface area contributed by atoms with Gasteiger partial charge < -0.3 is 4.90 Å². The Labute approximate surface area is 140 Å². The van der Waals surface area contributed by atoms with Crippen LogP contribution in [0, 0.1) is 6.92 Å². The quantitative estimate of drug-likeness (QED) is 0.822. The largest absolute Gasteiger partial charge is 0.369 e. The molecular weight excluding hydrogens is 338 g/mol. The van der Waals surface area contributed by atoms with E-state index in [9.17, 15) is 13.2 Å². The van der Waals surface area contributed by atoms with Gasteiger partial charge in [-0.25, -0.2) is 0 Å². The van der Waals surface area contributed by atoms with Gasteiger partial charge in [0.1, 0.15) is 5.02 Å². The molecular formula is C15H18ClN3O3S. The highest BCUT2D eigenvalue weighted by atomic mass is 35.5. The molecule has 1 aromatic heterocycles. The fourth-order valence-corrected chi connectivity index (χ4v) is 3.63. The summed E-state index contributed by atoms with van der Waals surface area (Å²) in [6.45, 7) is 6.93. The maximum Gasteiger partial charge on any atom is 0.302 e. The van der Waals surface area contributed by atoms with Gasteiger partial charge in [0.05, 0.1) is 16.8 Å². The first-order valence-electron chi connectivity index (χ1n) is 7.18. The minimum absolute atomic E-state index is 0.00986.